The molecule has 3 N–H and O–H groups in total. The van der Waals surface area contributed by atoms with Gasteiger partial charge in [-0.1, -0.05) is 18.2 Å². The average Bonchev–Trinajstić information content (AvgIpc) is 2.89. The quantitative estimate of drug-likeness (QED) is 0.883. The number of hydrogen-bond donors (Lipinski definition) is 2. The van der Waals surface area contributed by atoms with E-state index in [0.29, 0.717) is 5.56 Å². The molecule has 0 aliphatic heterocycles. The van der Waals surface area contributed by atoms with Crippen LogP contribution in [-0.4, -0.2) is 29.0 Å². The molecule has 4 nitrogen and oxygen atoms in total. The summed E-state index contributed by atoms with van der Waals surface area (Å²) in [5.74, 6) is 0. The van der Waals surface area contributed by atoms with Crippen LogP contribution < -0.4 is 11.1 Å². The number of rotatable bonds is 5. The highest BCUT2D eigenvalue weighted by molar-refractivity contribution is 5.31. The molecule has 1 aromatic carbocycles. The second-order valence-corrected chi connectivity index (χ2v) is 4.34. The van der Waals surface area contributed by atoms with Crippen LogP contribution in [0.1, 0.15) is 11.6 Å². The van der Waals surface area contributed by atoms with Crippen LogP contribution in [0.4, 0.5) is 13.2 Å². The van der Waals surface area contributed by atoms with Gasteiger partial charge >= 0.3 is 6.18 Å². The first-order chi connectivity index (χ1) is 9.49. The summed E-state index contributed by atoms with van der Waals surface area (Å²) in [6, 6.07) is 8.74. The fraction of sp³-hybridized carbons (Fsp3) is 0.308. The monoisotopic (exact) mass is 284 g/mol. The van der Waals surface area contributed by atoms with Crippen molar-refractivity contribution in [1.82, 2.24) is 15.1 Å². The van der Waals surface area contributed by atoms with Gasteiger partial charge in [-0.15, -0.1) is 0 Å². The molecule has 2 rings (SSSR count). The van der Waals surface area contributed by atoms with Gasteiger partial charge < -0.3 is 11.1 Å². The van der Waals surface area contributed by atoms with E-state index in [1.807, 2.05) is 30.3 Å². The minimum atomic E-state index is -4.26. The topological polar surface area (TPSA) is 55.9 Å². The summed E-state index contributed by atoms with van der Waals surface area (Å²) in [6.45, 7) is -1.01. The molecule has 1 aromatic heterocycles. The molecule has 0 saturated carbocycles. The third-order valence-electron chi connectivity index (χ3n) is 2.81. The molecule has 0 spiro atoms. The van der Waals surface area contributed by atoms with E-state index in [4.69, 9.17) is 5.73 Å². The van der Waals surface area contributed by atoms with Gasteiger partial charge in [0, 0.05) is 24.3 Å². The number of hydrogen-bond acceptors (Lipinski definition) is 3. The average molecular weight is 284 g/mol. The molecule has 108 valence electrons. The first kappa shape index (κ1) is 14.5. The van der Waals surface area contributed by atoms with Crippen molar-refractivity contribution in [2.45, 2.75) is 12.2 Å². The molecule has 2 aromatic rings. The van der Waals surface area contributed by atoms with Crippen molar-refractivity contribution < 1.29 is 13.2 Å². The molecule has 0 aliphatic rings. The zero-order valence-electron chi connectivity index (χ0n) is 10.6. The highest BCUT2D eigenvalue weighted by Gasteiger charge is 2.28. The molecule has 0 fully saturated rings. The molecule has 0 bridgehead atoms. The number of para-hydroxylation sites is 1. The fourth-order valence-corrected chi connectivity index (χ4v) is 1.81. The summed E-state index contributed by atoms with van der Waals surface area (Å²) < 4.78 is 38.2. The van der Waals surface area contributed by atoms with Crippen molar-refractivity contribution in [1.29, 1.82) is 0 Å². The Labute approximate surface area is 114 Å². The predicted molar refractivity (Wildman–Crippen MR) is 69.4 cm³/mol. The third kappa shape index (κ3) is 3.82. The lowest BCUT2D eigenvalue weighted by atomic mass is 10.1. The normalized spacial score (nSPS) is 13.4. The maximum Gasteiger partial charge on any atom is 0.401 e. The molecular weight excluding hydrogens is 269 g/mol. The Hall–Kier alpha value is -1.86. The van der Waals surface area contributed by atoms with Crippen molar-refractivity contribution in [2.75, 3.05) is 13.1 Å². The van der Waals surface area contributed by atoms with Crippen LogP contribution in [0.5, 0.6) is 0 Å². The first-order valence-electron chi connectivity index (χ1n) is 6.10. The highest BCUT2D eigenvalue weighted by atomic mass is 19.4. The summed E-state index contributed by atoms with van der Waals surface area (Å²) >= 11 is 0. The van der Waals surface area contributed by atoms with E-state index in [-0.39, 0.29) is 6.54 Å². The minimum absolute atomic E-state index is 0.0660. The van der Waals surface area contributed by atoms with Gasteiger partial charge in [0.2, 0.25) is 0 Å². The molecule has 0 aliphatic carbocycles. The molecule has 0 saturated heterocycles. The van der Waals surface area contributed by atoms with Crippen molar-refractivity contribution in [3.05, 3.63) is 48.3 Å². The van der Waals surface area contributed by atoms with Crippen LogP contribution >= 0.6 is 0 Å². The summed E-state index contributed by atoms with van der Waals surface area (Å²) in [5.41, 5.74) is 6.98. The van der Waals surface area contributed by atoms with Crippen molar-refractivity contribution in [2.24, 2.45) is 5.73 Å². The second kappa shape index (κ2) is 6.06. The minimum Gasteiger partial charge on any atom is -0.329 e. The van der Waals surface area contributed by atoms with Gasteiger partial charge in [-0.3, -0.25) is 0 Å². The summed E-state index contributed by atoms with van der Waals surface area (Å²) in [4.78, 5) is 0. The van der Waals surface area contributed by atoms with E-state index in [9.17, 15) is 13.2 Å². The van der Waals surface area contributed by atoms with E-state index < -0.39 is 18.8 Å². The summed E-state index contributed by atoms with van der Waals surface area (Å²) in [7, 11) is 0. The molecule has 1 atom stereocenters. The van der Waals surface area contributed by atoms with E-state index in [1.165, 1.54) is 6.20 Å². The van der Waals surface area contributed by atoms with Gasteiger partial charge in [0.05, 0.1) is 18.4 Å². The van der Waals surface area contributed by atoms with E-state index in [2.05, 4.69) is 10.4 Å². The molecule has 20 heavy (non-hydrogen) atoms. The molecule has 0 amide bonds. The van der Waals surface area contributed by atoms with Crippen LogP contribution in [0.2, 0.25) is 0 Å². The SMILES string of the molecule is NCC(NCC(F)(F)F)c1cnn(-c2ccccc2)c1. The van der Waals surface area contributed by atoms with Crippen molar-refractivity contribution in [3.8, 4) is 5.69 Å². The zero-order valence-corrected chi connectivity index (χ0v) is 10.6. The predicted octanol–water partition coefficient (Wildman–Crippen LogP) is 2.02. The van der Waals surface area contributed by atoms with E-state index >= 15 is 0 Å². The summed E-state index contributed by atoms with van der Waals surface area (Å²) in [5, 5.41) is 6.53. The lowest BCUT2D eigenvalue weighted by Crippen LogP contribution is -2.35. The van der Waals surface area contributed by atoms with E-state index in [1.54, 1.807) is 10.9 Å². The Kier molecular flexibility index (Phi) is 4.41. The standard InChI is InChI=1S/C13H15F3N4/c14-13(15,16)9-18-12(6-17)10-7-19-20(8-10)11-4-2-1-3-5-11/h1-5,7-8,12,18H,6,9,17H2. The molecular formula is C13H15F3N4. The Morgan fingerprint density at radius 2 is 1.95 bits per heavy atom. The number of halogens is 3. The van der Waals surface area contributed by atoms with Gasteiger partial charge in [0.15, 0.2) is 0 Å². The lowest BCUT2D eigenvalue weighted by molar-refractivity contribution is -0.126. The summed E-state index contributed by atoms with van der Waals surface area (Å²) in [6.07, 6.45) is -1.06. The van der Waals surface area contributed by atoms with Crippen LogP contribution in [0.3, 0.4) is 0 Å². The third-order valence-corrected chi connectivity index (χ3v) is 2.81. The van der Waals surface area contributed by atoms with E-state index in [0.717, 1.165) is 5.69 Å². The van der Waals surface area contributed by atoms with Crippen LogP contribution in [0.25, 0.3) is 5.69 Å². The first-order valence-corrected chi connectivity index (χ1v) is 6.10. The number of nitrogens with one attached hydrogen (secondary N) is 1. The number of aromatic nitrogens is 2. The smallest absolute Gasteiger partial charge is 0.329 e. The highest BCUT2D eigenvalue weighted by Crippen LogP contribution is 2.17. The van der Waals surface area contributed by atoms with Crippen LogP contribution in [0, 0.1) is 0 Å². The Bertz CT molecular complexity index is 536. The number of benzene rings is 1. The van der Waals surface area contributed by atoms with Gasteiger partial charge in [0.25, 0.3) is 0 Å². The maximum atomic E-state index is 12.2. The van der Waals surface area contributed by atoms with Gasteiger partial charge in [-0.05, 0) is 12.1 Å². The largest absolute Gasteiger partial charge is 0.401 e. The molecule has 1 unspecified atom stereocenters. The Morgan fingerprint density at radius 1 is 1.25 bits per heavy atom. The Morgan fingerprint density at radius 3 is 2.55 bits per heavy atom. The number of alkyl halides is 3. The van der Waals surface area contributed by atoms with Gasteiger partial charge in [0.1, 0.15) is 0 Å². The van der Waals surface area contributed by atoms with Crippen molar-refractivity contribution in [3.63, 3.8) is 0 Å². The molecule has 0 radical (unpaired) electrons. The lowest BCUT2D eigenvalue weighted by Gasteiger charge is -2.16. The molecule has 1 heterocycles. The number of nitrogens with two attached hydrogens (primary N) is 1. The number of nitrogens with zero attached hydrogens (tertiary/aromatic N) is 2. The fourth-order valence-electron chi connectivity index (χ4n) is 1.81. The Balaban J connectivity index is 2.10. The van der Waals surface area contributed by atoms with Crippen LogP contribution in [-0.2, 0) is 0 Å². The second-order valence-electron chi connectivity index (χ2n) is 4.34. The van der Waals surface area contributed by atoms with Crippen molar-refractivity contribution >= 4 is 0 Å². The van der Waals surface area contributed by atoms with Gasteiger partial charge in [-0.2, -0.15) is 18.3 Å². The maximum absolute atomic E-state index is 12.2. The zero-order chi connectivity index (χ0) is 14.6. The molecule has 7 heteroatoms. The van der Waals surface area contributed by atoms with Gasteiger partial charge in [-0.25, -0.2) is 4.68 Å². The van der Waals surface area contributed by atoms with Crippen LogP contribution in [0.15, 0.2) is 42.7 Å².